The van der Waals surface area contributed by atoms with Gasteiger partial charge in [0.2, 0.25) is 0 Å². The van der Waals surface area contributed by atoms with Gasteiger partial charge in [0.15, 0.2) is 0 Å². The van der Waals surface area contributed by atoms with Gasteiger partial charge >= 0.3 is 0 Å². The molecule has 1 aliphatic heterocycles. The molecule has 21 heavy (non-hydrogen) atoms. The second-order valence-corrected chi connectivity index (χ2v) is 7.99. The lowest BCUT2D eigenvalue weighted by molar-refractivity contribution is 0.0862. The third-order valence-electron chi connectivity index (χ3n) is 4.58. The molecular weight excluding hydrogens is 256 g/mol. The molecule has 2 heteroatoms. The number of rotatable bonds is 4. The third kappa shape index (κ3) is 4.82. The van der Waals surface area contributed by atoms with E-state index >= 15 is 0 Å². The molecule has 0 aromatic heterocycles. The van der Waals surface area contributed by atoms with E-state index in [1.165, 1.54) is 18.5 Å². The number of nitrogens with one attached hydrogen (secondary N) is 1. The molecule has 0 aliphatic carbocycles. The Labute approximate surface area is 130 Å². The van der Waals surface area contributed by atoms with Crippen LogP contribution in [-0.4, -0.2) is 30.6 Å². The summed E-state index contributed by atoms with van der Waals surface area (Å²) < 4.78 is 0. The third-order valence-corrected chi connectivity index (χ3v) is 4.58. The minimum absolute atomic E-state index is 0.411. The minimum Gasteiger partial charge on any atom is -0.307 e. The second kappa shape index (κ2) is 6.93. The van der Waals surface area contributed by atoms with Crippen molar-refractivity contribution in [2.75, 3.05) is 19.6 Å². The Morgan fingerprint density at radius 1 is 1.19 bits per heavy atom. The monoisotopic (exact) mass is 288 g/mol. The van der Waals surface area contributed by atoms with Crippen LogP contribution in [0.4, 0.5) is 0 Å². The van der Waals surface area contributed by atoms with Crippen molar-refractivity contribution < 1.29 is 0 Å². The van der Waals surface area contributed by atoms with Crippen molar-refractivity contribution in [1.29, 1.82) is 0 Å². The van der Waals surface area contributed by atoms with Gasteiger partial charge in [0.25, 0.3) is 0 Å². The van der Waals surface area contributed by atoms with Gasteiger partial charge in [-0.25, -0.2) is 0 Å². The van der Waals surface area contributed by atoms with Crippen molar-refractivity contribution in [2.24, 2.45) is 11.3 Å². The Balaban J connectivity index is 2.05. The van der Waals surface area contributed by atoms with Gasteiger partial charge in [0.1, 0.15) is 0 Å². The highest BCUT2D eigenvalue weighted by Gasteiger charge is 2.30. The number of nitrogens with zero attached hydrogens (tertiary/aromatic N) is 1. The first-order valence-electron chi connectivity index (χ1n) is 8.39. The fraction of sp³-hybridized carbons (Fsp3) is 0.684. The van der Waals surface area contributed by atoms with E-state index in [0.29, 0.717) is 23.4 Å². The molecule has 1 aromatic carbocycles. The molecule has 2 atom stereocenters. The minimum atomic E-state index is 0.411. The van der Waals surface area contributed by atoms with E-state index in [9.17, 15) is 0 Å². The van der Waals surface area contributed by atoms with Gasteiger partial charge < -0.3 is 5.32 Å². The van der Waals surface area contributed by atoms with Crippen LogP contribution in [0.15, 0.2) is 30.3 Å². The normalized spacial score (nSPS) is 24.5. The fourth-order valence-corrected chi connectivity index (χ4v) is 3.13. The largest absolute Gasteiger partial charge is 0.307 e. The van der Waals surface area contributed by atoms with Gasteiger partial charge in [0.05, 0.1) is 0 Å². The van der Waals surface area contributed by atoms with E-state index in [1.807, 2.05) is 0 Å². The van der Waals surface area contributed by atoms with Crippen molar-refractivity contribution >= 4 is 0 Å². The lowest BCUT2D eigenvalue weighted by Gasteiger charge is -2.43. The number of hydrogen-bond donors (Lipinski definition) is 1. The van der Waals surface area contributed by atoms with Crippen LogP contribution in [0.3, 0.4) is 0 Å². The Hall–Kier alpha value is -0.860. The first kappa shape index (κ1) is 16.5. The molecule has 2 nitrogen and oxygen atoms in total. The quantitative estimate of drug-likeness (QED) is 0.897. The van der Waals surface area contributed by atoms with Crippen LogP contribution >= 0.6 is 0 Å². The maximum absolute atomic E-state index is 3.75. The zero-order chi connectivity index (χ0) is 15.5. The van der Waals surface area contributed by atoms with E-state index in [1.54, 1.807) is 0 Å². The van der Waals surface area contributed by atoms with Crippen molar-refractivity contribution in [1.82, 2.24) is 10.2 Å². The highest BCUT2D eigenvalue weighted by molar-refractivity contribution is 5.20. The topological polar surface area (TPSA) is 15.3 Å². The first-order valence-corrected chi connectivity index (χ1v) is 8.39. The maximum Gasteiger partial charge on any atom is 0.0449 e. The zero-order valence-electron chi connectivity index (χ0n) is 14.4. The van der Waals surface area contributed by atoms with Gasteiger partial charge in [0, 0.05) is 25.2 Å². The molecule has 1 saturated heterocycles. The van der Waals surface area contributed by atoms with E-state index in [4.69, 9.17) is 0 Å². The van der Waals surface area contributed by atoms with Crippen LogP contribution in [0, 0.1) is 11.3 Å². The Morgan fingerprint density at radius 2 is 1.86 bits per heavy atom. The average molecular weight is 288 g/mol. The summed E-state index contributed by atoms with van der Waals surface area (Å²) in [6.07, 6.45) is 1.26. The molecule has 0 spiro atoms. The van der Waals surface area contributed by atoms with Gasteiger partial charge in [-0.05, 0) is 29.9 Å². The summed E-state index contributed by atoms with van der Waals surface area (Å²) >= 11 is 0. The summed E-state index contributed by atoms with van der Waals surface area (Å²) in [7, 11) is 0. The molecule has 1 fully saturated rings. The smallest absolute Gasteiger partial charge is 0.0449 e. The van der Waals surface area contributed by atoms with Crippen LogP contribution < -0.4 is 5.32 Å². The average Bonchev–Trinajstić information content (AvgIpc) is 2.45. The van der Waals surface area contributed by atoms with E-state index < -0.39 is 0 Å². The van der Waals surface area contributed by atoms with Crippen LogP contribution in [0.2, 0.25) is 0 Å². The van der Waals surface area contributed by atoms with Crippen LogP contribution in [0.25, 0.3) is 0 Å². The molecule has 1 aliphatic rings. The maximum atomic E-state index is 3.75. The van der Waals surface area contributed by atoms with Crippen LogP contribution in [-0.2, 0) is 0 Å². The molecule has 2 unspecified atom stereocenters. The molecule has 0 amide bonds. The highest BCUT2D eigenvalue weighted by atomic mass is 15.2. The molecule has 1 aromatic rings. The molecule has 0 radical (unpaired) electrons. The second-order valence-electron chi connectivity index (χ2n) is 7.99. The molecule has 2 rings (SSSR count). The summed E-state index contributed by atoms with van der Waals surface area (Å²) in [4.78, 5) is 2.71. The fourth-order valence-electron chi connectivity index (χ4n) is 3.13. The Kier molecular flexibility index (Phi) is 5.45. The van der Waals surface area contributed by atoms with E-state index in [-0.39, 0.29) is 0 Å². The first-order chi connectivity index (χ1) is 9.87. The van der Waals surface area contributed by atoms with E-state index in [0.717, 1.165) is 13.1 Å². The lowest BCUT2D eigenvalue weighted by Crippen LogP contribution is -2.55. The SMILES string of the molecule is CC(C)C1CNC(c2ccccc2)CN1CCC(C)(C)C. The van der Waals surface area contributed by atoms with Gasteiger partial charge in [-0.15, -0.1) is 0 Å². The summed E-state index contributed by atoms with van der Waals surface area (Å²) in [5, 5.41) is 3.75. The number of hydrogen-bond acceptors (Lipinski definition) is 2. The molecular formula is C19H32N2. The molecule has 0 bridgehead atoms. The number of piperazine rings is 1. The Bertz CT molecular complexity index is 419. The van der Waals surface area contributed by atoms with Crippen molar-refractivity contribution in [3.63, 3.8) is 0 Å². The van der Waals surface area contributed by atoms with Crippen molar-refractivity contribution in [2.45, 2.75) is 53.1 Å². The van der Waals surface area contributed by atoms with E-state index in [2.05, 4.69) is 75.2 Å². The standard InChI is InChI=1S/C19H32N2/c1-15(2)18-13-20-17(16-9-7-6-8-10-16)14-21(18)12-11-19(3,4)5/h6-10,15,17-18,20H,11-14H2,1-5H3. The predicted octanol–water partition coefficient (Wildman–Crippen LogP) is 4.09. The summed E-state index contributed by atoms with van der Waals surface area (Å²) in [6.45, 7) is 15.1. The Morgan fingerprint density at radius 3 is 2.43 bits per heavy atom. The lowest BCUT2D eigenvalue weighted by atomic mass is 9.90. The van der Waals surface area contributed by atoms with Gasteiger partial charge in [-0.3, -0.25) is 4.90 Å². The highest BCUT2D eigenvalue weighted by Crippen LogP contribution is 2.26. The van der Waals surface area contributed by atoms with Crippen molar-refractivity contribution in [3.05, 3.63) is 35.9 Å². The predicted molar refractivity (Wildman–Crippen MR) is 91.5 cm³/mol. The molecule has 0 saturated carbocycles. The van der Waals surface area contributed by atoms with Crippen LogP contribution in [0.5, 0.6) is 0 Å². The summed E-state index contributed by atoms with van der Waals surface area (Å²) in [5.41, 5.74) is 1.83. The summed E-state index contributed by atoms with van der Waals surface area (Å²) in [6, 6.07) is 12.0. The van der Waals surface area contributed by atoms with Crippen molar-refractivity contribution in [3.8, 4) is 0 Å². The van der Waals surface area contributed by atoms with Gasteiger partial charge in [-0.2, -0.15) is 0 Å². The summed E-state index contributed by atoms with van der Waals surface area (Å²) in [5.74, 6) is 0.703. The molecule has 118 valence electrons. The van der Waals surface area contributed by atoms with Crippen LogP contribution in [0.1, 0.15) is 52.6 Å². The number of benzene rings is 1. The zero-order valence-corrected chi connectivity index (χ0v) is 14.4. The molecule has 1 N–H and O–H groups in total. The molecule has 1 heterocycles. The van der Waals surface area contributed by atoms with Gasteiger partial charge in [-0.1, -0.05) is 65.0 Å².